The standard InChI is InChI=1S/2CF3O2S.Cu/c2*2-1(3,4)7(5)6;. The van der Waals surface area contributed by atoms with Crippen LogP contribution in [0.2, 0.25) is 0 Å². The minimum atomic E-state index is -6.44. The zero-order valence-corrected chi connectivity index (χ0v) is 8.59. The van der Waals surface area contributed by atoms with E-state index in [9.17, 15) is 43.2 Å². The van der Waals surface area contributed by atoms with Gasteiger partial charge in [0.1, 0.15) is 0 Å². The van der Waals surface area contributed by atoms with Crippen molar-refractivity contribution >= 4 is 16.5 Å². The van der Waals surface area contributed by atoms with Gasteiger partial charge in [-0.2, -0.15) is 0 Å². The number of halogens is 6. The molecule has 0 heterocycles. The first-order valence-corrected chi connectivity index (χ1v) is 7.40. The number of alkyl halides is 6. The second-order valence-corrected chi connectivity index (χ2v) is 9.10. The molecule has 0 saturated heterocycles. The molecule has 0 aliphatic carbocycles. The van der Waals surface area contributed by atoms with Gasteiger partial charge >= 0.3 is 83.4 Å². The van der Waals surface area contributed by atoms with Crippen LogP contribution in [0.5, 0.6) is 0 Å². The molecule has 15 heavy (non-hydrogen) atoms. The van der Waals surface area contributed by atoms with Crippen LogP contribution in [0.1, 0.15) is 0 Å². The van der Waals surface area contributed by atoms with Crippen molar-refractivity contribution in [1.29, 1.82) is 0 Å². The van der Waals surface area contributed by atoms with Gasteiger partial charge in [-0.25, -0.2) is 0 Å². The molecule has 0 aromatic rings. The molecule has 0 aromatic heterocycles. The van der Waals surface area contributed by atoms with Gasteiger partial charge < -0.3 is 0 Å². The summed E-state index contributed by atoms with van der Waals surface area (Å²) in [5.74, 6) is 0. The molecule has 0 aromatic carbocycles. The molecule has 97 valence electrons. The fraction of sp³-hybridized carbons (Fsp3) is 1.00. The first-order valence-electron chi connectivity index (χ1n) is 2.45. The Hall–Kier alpha value is -0.000519. The zero-order valence-electron chi connectivity index (χ0n) is 6.02. The van der Waals surface area contributed by atoms with E-state index in [0.717, 1.165) is 0 Å². The van der Waals surface area contributed by atoms with E-state index < -0.39 is 40.2 Å². The molecule has 13 heteroatoms. The van der Waals surface area contributed by atoms with E-state index in [1.54, 1.807) is 0 Å². The summed E-state index contributed by atoms with van der Waals surface area (Å²) in [5.41, 5.74) is -12.2. The second-order valence-electron chi connectivity index (χ2n) is 1.74. The van der Waals surface area contributed by atoms with Gasteiger partial charge in [-0.1, -0.05) is 0 Å². The first kappa shape index (κ1) is 15.0. The molecule has 0 saturated carbocycles. The molecule has 0 amide bonds. The van der Waals surface area contributed by atoms with Crippen LogP contribution >= 0.6 is 0 Å². The van der Waals surface area contributed by atoms with Crippen molar-refractivity contribution in [3.63, 3.8) is 0 Å². The quantitative estimate of drug-likeness (QED) is 0.554. The summed E-state index contributed by atoms with van der Waals surface area (Å²) in [7, 11) is -12.9. The molecule has 0 rings (SSSR count). The van der Waals surface area contributed by atoms with Crippen LogP contribution < -0.4 is 0 Å². The van der Waals surface area contributed by atoms with Gasteiger partial charge in [-0.05, 0) is 0 Å². The van der Waals surface area contributed by atoms with Crippen molar-refractivity contribution in [3.05, 3.63) is 0 Å². The van der Waals surface area contributed by atoms with Crippen LogP contribution in [0.25, 0.3) is 0 Å². The molecule has 0 unspecified atom stereocenters. The molecule has 0 fully saturated rings. The average molecular weight is 330 g/mol. The molecule has 0 radical (unpaired) electrons. The average Bonchev–Trinajstić information content (AvgIpc) is 1.77. The monoisotopic (exact) mass is 329 g/mol. The topological polar surface area (TPSA) is 68.3 Å². The molecule has 0 aliphatic heterocycles. The second kappa shape index (κ2) is 3.79. The predicted molar refractivity (Wildman–Crippen MR) is 29.9 cm³/mol. The number of hydrogen-bond donors (Lipinski definition) is 0. The minimum absolute atomic E-state index is 2.08. The van der Waals surface area contributed by atoms with Crippen LogP contribution in [0.4, 0.5) is 26.3 Å². The maximum atomic E-state index is 11.5. The van der Waals surface area contributed by atoms with E-state index in [4.69, 9.17) is 0 Å². The Morgan fingerprint density at radius 3 is 1.00 bits per heavy atom. The molecular weight excluding hydrogens is 330 g/mol. The normalized spacial score (nSPS) is 15.6. The van der Waals surface area contributed by atoms with Gasteiger partial charge in [0.05, 0.1) is 0 Å². The van der Waals surface area contributed by atoms with E-state index in [2.05, 4.69) is 0 Å². The van der Waals surface area contributed by atoms with Gasteiger partial charge in [0.2, 0.25) is 0 Å². The molecule has 0 N–H and O–H groups in total. The van der Waals surface area contributed by atoms with Crippen molar-refractivity contribution in [2.45, 2.75) is 11.0 Å². The SMILES string of the molecule is O=[S](=O)([Cu][S](=O)(=O)C(F)(F)F)C(F)(F)F. The molecule has 4 nitrogen and oxygen atoms in total. The van der Waals surface area contributed by atoms with E-state index >= 15 is 0 Å². The first-order chi connectivity index (χ1) is 6.21. The third kappa shape index (κ3) is 3.50. The number of rotatable bonds is 2. The fourth-order valence-corrected chi connectivity index (χ4v) is 5.35. The van der Waals surface area contributed by atoms with Crippen LogP contribution in [0.3, 0.4) is 0 Å². The summed E-state index contributed by atoms with van der Waals surface area (Å²) in [6.07, 6.45) is 0. The Balaban J connectivity index is 5.28. The van der Waals surface area contributed by atoms with Gasteiger partial charge in [0.25, 0.3) is 0 Å². The molecular formula is C2CuF6O4S2. The third-order valence-corrected chi connectivity index (χ3v) is 7.77. The predicted octanol–water partition coefficient (Wildman–Crippen LogP) is 0.768. The summed E-state index contributed by atoms with van der Waals surface area (Å²) >= 11 is -2.08. The van der Waals surface area contributed by atoms with Crippen molar-refractivity contribution < 1.29 is 55.9 Å². The van der Waals surface area contributed by atoms with E-state index in [1.807, 2.05) is 0 Å². The molecule has 0 bridgehead atoms. The zero-order chi connectivity index (χ0) is 12.7. The summed E-state index contributed by atoms with van der Waals surface area (Å²) in [5, 5.41) is 0. The van der Waals surface area contributed by atoms with Crippen molar-refractivity contribution in [1.82, 2.24) is 0 Å². The molecule has 0 atom stereocenters. The fourth-order valence-electron chi connectivity index (χ4n) is 0.144. The van der Waals surface area contributed by atoms with Crippen molar-refractivity contribution in [2.24, 2.45) is 0 Å². The Morgan fingerprint density at radius 2 is 0.867 bits per heavy atom. The van der Waals surface area contributed by atoms with E-state index in [0.29, 0.717) is 0 Å². The Labute approximate surface area is 83.8 Å². The summed E-state index contributed by atoms with van der Waals surface area (Å²) in [4.78, 5) is 0. The summed E-state index contributed by atoms with van der Waals surface area (Å²) in [6, 6.07) is 0. The Kier molecular flexibility index (Phi) is 3.79. The Morgan fingerprint density at radius 1 is 0.667 bits per heavy atom. The van der Waals surface area contributed by atoms with Crippen LogP contribution in [-0.4, -0.2) is 27.9 Å². The molecule has 0 spiro atoms. The number of hydrogen-bond acceptors (Lipinski definition) is 4. The maximum absolute atomic E-state index is 11.5. The van der Waals surface area contributed by atoms with Crippen molar-refractivity contribution in [3.8, 4) is 0 Å². The third-order valence-electron chi connectivity index (χ3n) is 0.650. The van der Waals surface area contributed by atoms with Gasteiger partial charge in [0.15, 0.2) is 0 Å². The van der Waals surface area contributed by atoms with E-state index in [-0.39, 0.29) is 0 Å². The van der Waals surface area contributed by atoms with Gasteiger partial charge in [-0.3, -0.25) is 0 Å². The van der Waals surface area contributed by atoms with E-state index in [1.165, 1.54) is 0 Å². The summed E-state index contributed by atoms with van der Waals surface area (Å²) < 4.78 is 109. The van der Waals surface area contributed by atoms with Gasteiger partial charge in [-0.15, -0.1) is 0 Å². The van der Waals surface area contributed by atoms with Crippen LogP contribution in [-0.2, 0) is 29.2 Å². The van der Waals surface area contributed by atoms with Crippen LogP contribution in [0.15, 0.2) is 0 Å². The van der Waals surface area contributed by atoms with Crippen molar-refractivity contribution in [2.75, 3.05) is 0 Å². The summed E-state index contributed by atoms with van der Waals surface area (Å²) in [6.45, 7) is 0. The Bertz CT molecular complexity index is 385. The van der Waals surface area contributed by atoms with Crippen LogP contribution in [0, 0.1) is 0 Å². The van der Waals surface area contributed by atoms with Gasteiger partial charge in [0, 0.05) is 0 Å². The molecule has 0 aliphatic rings.